The van der Waals surface area contributed by atoms with Crippen molar-refractivity contribution < 1.29 is 18.0 Å². The van der Waals surface area contributed by atoms with E-state index in [4.69, 9.17) is 0 Å². The lowest BCUT2D eigenvalue weighted by Gasteiger charge is -2.36. The SMILES string of the molecule is Cc1cnc(N2CCN(C(=O)c3ccc(N4CCNC4=O)cc3NS(C)(=O)=O)CC2)c(C)c1. The van der Waals surface area contributed by atoms with Crippen molar-refractivity contribution in [2.45, 2.75) is 13.8 Å². The first-order valence-electron chi connectivity index (χ1n) is 10.8. The van der Waals surface area contributed by atoms with Crippen molar-refractivity contribution in [1.29, 1.82) is 0 Å². The molecule has 0 spiro atoms. The number of anilines is 3. The number of carbonyl (C=O) groups excluding carboxylic acids is 2. The second-order valence-electron chi connectivity index (χ2n) is 8.42. The van der Waals surface area contributed by atoms with Crippen LogP contribution in [0.5, 0.6) is 0 Å². The first-order valence-corrected chi connectivity index (χ1v) is 12.7. The number of amides is 3. The van der Waals surface area contributed by atoms with E-state index >= 15 is 0 Å². The molecular formula is C22H28N6O4S. The molecule has 2 N–H and O–H groups in total. The van der Waals surface area contributed by atoms with Crippen LogP contribution in [0.25, 0.3) is 0 Å². The van der Waals surface area contributed by atoms with E-state index in [1.165, 1.54) is 11.0 Å². The number of hydrogen-bond donors (Lipinski definition) is 2. The Morgan fingerprint density at radius 1 is 1.09 bits per heavy atom. The number of aromatic nitrogens is 1. The maximum Gasteiger partial charge on any atom is 0.321 e. The van der Waals surface area contributed by atoms with Crippen molar-refractivity contribution in [2.24, 2.45) is 0 Å². The van der Waals surface area contributed by atoms with E-state index in [0.29, 0.717) is 45.0 Å². The Hall–Kier alpha value is -3.34. The third-order valence-corrected chi connectivity index (χ3v) is 6.34. The minimum absolute atomic E-state index is 0.165. The number of benzene rings is 1. The summed E-state index contributed by atoms with van der Waals surface area (Å²) in [5.74, 6) is 0.659. The lowest BCUT2D eigenvalue weighted by atomic mass is 10.1. The fourth-order valence-electron chi connectivity index (χ4n) is 4.22. The molecule has 11 heteroatoms. The van der Waals surface area contributed by atoms with Crippen LogP contribution in [0.2, 0.25) is 0 Å². The molecule has 1 aromatic carbocycles. The summed E-state index contributed by atoms with van der Waals surface area (Å²) >= 11 is 0. The number of carbonyl (C=O) groups is 2. The van der Waals surface area contributed by atoms with Crippen LogP contribution < -0.4 is 19.8 Å². The highest BCUT2D eigenvalue weighted by Gasteiger charge is 2.28. The zero-order valence-electron chi connectivity index (χ0n) is 19.0. The zero-order chi connectivity index (χ0) is 23.8. The third kappa shape index (κ3) is 5.03. The Labute approximate surface area is 193 Å². The normalized spacial score (nSPS) is 16.7. The standard InChI is InChI=1S/C22H28N6O4S/c1-15-12-16(2)20(24-14-15)26-8-10-27(11-9-26)21(29)18-5-4-17(28-7-6-23-22(28)30)13-19(18)25-33(3,31)32/h4-5,12-14,25H,6-11H2,1-3H3,(H,23,30). The van der Waals surface area contributed by atoms with Gasteiger partial charge in [0, 0.05) is 51.2 Å². The van der Waals surface area contributed by atoms with E-state index in [9.17, 15) is 18.0 Å². The Kier molecular flexibility index (Phi) is 6.15. The summed E-state index contributed by atoms with van der Waals surface area (Å²) in [7, 11) is -3.63. The number of urea groups is 1. The van der Waals surface area contributed by atoms with Crippen molar-refractivity contribution in [3.05, 3.63) is 47.2 Å². The van der Waals surface area contributed by atoms with Gasteiger partial charge in [0.2, 0.25) is 10.0 Å². The van der Waals surface area contributed by atoms with Crippen LogP contribution in [0.3, 0.4) is 0 Å². The molecule has 0 bridgehead atoms. The third-order valence-electron chi connectivity index (χ3n) is 5.75. The molecule has 3 amide bonds. The van der Waals surface area contributed by atoms with E-state index in [1.807, 2.05) is 20.0 Å². The van der Waals surface area contributed by atoms with Gasteiger partial charge in [-0.15, -0.1) is 0 Å². The monoisotopic (exact) mass is 472 g/mol. The van der Waals surface area contributed by atoms with E-state index in [1.54, 1.807) is 17.0 Å². The van der Waals surface area contributed by atoms with Gasteiger partial charge in [0.15, 0.2) is 0 Å². The number of piperazine rings is 1. The first kappa shape index (κ1) is 22.8. The zero-order valence-corrected chi connectivity index (χ0v) is 19.8. The molecule has 2 aromatic rings. The average molecular weight is 473 g/mol. The first-order chi connectivity index (χ1) is 15.6. The van der Waals surface area contributed by atoms with Gasteiger partial charge in [-0.05, 0) is 43.2 Å². The molecule has 2 aliphatic rings. The van der Waals surface area contributed by atoms with Crippen LogP contribution in [0.15, 0.2) is 30.5 Å². The number of aryl methyl sites for hydroxylation is 2. The smallest absolute Gasteiger partial charge is 0.321 e. The van der Waals surface area contributed by atoms with Crippen molar-refractivity contribution >= 4 is 39.2 Å². The lowest BCUT2D eigenvalue weighted by molar-refractivity contribution is 0.0747. The number of pyridine rings is 1. The fraction of sp³-hybridized carbons (Fsp3) is 0.409. The number of nitrogens with zero attached hydrogens (tertiary/aromatic N) is 4. The second-order valence-corrected chi connectivity index (χ2v) is 10.2. The maximum atomic E-state index is 13.3. The van der Waals surface area contributed by atoms with Crippen LogP contribution >= 0.6 is 0 Å². The number of hydrogen-bond acceptors (Lipinski definition) is 6. The Bertz CT molecular complexity index is 1190. The molecule has 0 saturated carbocycles. The minimum Gasteiger partial charge on any atom is -0.353 e. The van der Waals surface area contributed by atoms with Crippen molar-refractivity contribution in [2.75, 3.05) is 60.0 Å². The van der Waals surface area contributed by atoms with Crippen LogP contribution in [-0.4, -0.2) is 75.8 Å². The van der Waals surface area contributed by atoms with Gasteiger partial charge in [0.05, 0.1) is 17.5 Å². The van der Waals surface area contributed by atoms with Gasteiger partial charge < -0.3 is 15.1 Å². The van der Waals surface area contributed by atoms with Crippen molar-refractivity contribution in [3.8, 4) is 0 Å². The highest BCUT2D eigenvalue weighted by atomic mass is 32.2. The van der Waals surface area contributed by atoms with E-state index in [0.717, 1.165) is 23.2 Å². The minimum atomic E-state index is -3.63. The van der Waals surface area contributed by atoms with Gasteiger partial charge in [0.1, 0.15) is 5.82 Å². The predicted octanol–water partition coefficient (Wildman–Crippen LogP) is 1.56. The maximum absolute atomic E-state index is 13.3. The largest absolute Gasteiger partial charge is 0.353 e. The summed E-state index contributed by atoms with van der Waals surface area (Å²) in [6.45, 7) is 7.24. The molecule has 0 atom stereocenters. The molecule has 0 radical (unpaired) electrons. The molecule has 2 fully saturated rings. The highest BCUT2D eigenvalue weighted by Crippen LogP contribution is 2.28. The van der Waals surface area contributed by atoms with Gasteiger partial charge in [-0.3, -0.25) is 14.4 Å². The highest BCUT2D eigenvalue weighted by molar-refractivity contribution is 7.92. The van der Waals surface area contributed by atoms with E-state index in [-0.39, 0.29) is 23.2 Å². The van der Waals surface area contributed by atoms with Crippen LogP contribution in [0.1, 0.15) is 21.5 Å². The molecule has 1 aromatic heterocycles. The topological polar surface area (TPSA) is 115 Å². The second kappa shape index (κ2) is 8.89. The number of rotatable bonds is 5. The van der Waals surface area contributed by atoms with E-state index in [2.05, 4.69) is 26.0 Å². The van der Waals surface area contributed by atoms with Crippen molar-refractivity contribution in [1.82, 2.24) is 15.2 Å². The van der Waals surface area contributed by atoms with Crippen LogP contribution in [-0.2, 0) is 10.0 Å². The molecular weight excluding hydrogens is 444 g/mol. The predicted molar refractivity (Wildman–Crippen MR) is 127 cm³/mol. The van der Waals surface area contributed by atoms with Gasteiger partial charge in [-0.25, -0.2) is 18.2 Å². The summed E-state index contributed by atoms with van der Waals surface area (Å²) in [6.07, 6.45) is 2.87. The van der Waals surface area contributed by atoms with Gasteiger partial charge in [0.25, 0.3) is 5.91 Å². The van der Waals surface area contributed by atoms with Gasteiger partial charge in [-0.1, -0.05) is 6.07 Å². The molecule has 33 heavy (non-hydrogen) atoms. The van der Waals surface area contributed by atoms with E-state index < -0.39 is 10.0 Å². The number of nitrogens with one attached hydrogen (secondary N) is 2. The van der Waals surface area contributed by atoms with Gasteiger partial charge >= 0.3 is 6.03 Å². The molecule has 3 heterocycles. The summed E-state index contributed by atoms with van der Waals surface area (Å²) in [5, 5.41) is 2.71. The Morgan fingerprint density at radius 2 is 1.82 bits per heavy atom. The number of sulfonamides is 1. The quantitative estimate of drug-likeness (QED) is 0.683. The Balaban J connectivity index is 1.54. The molecule has 0 aliphatic carbocycles. The van der Waals surface area contributed by atoms with Crippen LogP contribution in [0.4, 0.5) is 22.0 Å². The summed E-state index contributed by atoms with van der Waals surface area (Å²) in [6, 6.07) is 6.62. The Morgan fingerprint density at radius 3 is 2.42 bits per heavy atom. The molecule has 2 saturated heterocycles. The lowest BCUT2D eigenvalue weighted by Crippen LogP contribution is -2.49. The van der Waals surface area contributed by atoms with Crippen LogP contribution in [0, 0.1) is 13.8 Å². The summed E-state index contributed by atoms with van der Waals surface area (Å²) in [4.78, 5) is 35.3. The fourth-order valence-corrected chi connectivity index (χ4v) is 4.79. The molecule has 2 aliphatic heterocycles. The molecule has 4 rings (SSSR count). The van der Waals surface area contributed by atoms with Gasteiger partial charge in [-0.2, -0.15) is 0 Å². The summed E-state index contributed by atoms with van der Waals surface area (Å²) in [5.41, 5.74) is 3.14. The molecule has 176 valence electrons. The molecule has 10 nitrogen and oxygen atoms in total. The van der Waals surface area contributed by atoms with Crippen molar-refractivity contribution in [3.63, 3.8) is 0 Å². The molecule has 0 unspecified atom stereocenters. The summed E-state index contributed by atoms with van der Waals surface area (Å²) < 4.78 is 26.4. The average Bonchev–Trinajstić information content (AvgIpc) is 3.18.